The number of hydrogen-bond acceptors (Lipinski definition) is 7. The third-order valence-electron chi connectivity index (χ3n) is 5.40. The molecular weight excluding hydrogens is 533 g/mol. The van der Waals surface area contributed by atoms with E-state index >= 15 is 0 Å². The van der Waals surface area contributed by atoms with Crippen molar-refractivity contribution < 1.29 is 9.47 Å². The summed E-state index contributed by atoms with van der Waals surface area (Å²) in [6, 6.07) is 7.66. The van der Waals surface area contributed by atoms with Crippen LogP contribution in [0.5, 0.6) is 11.5 Å². The maximum atomic E-state index is 5.47. The summed E-state index contributed by atoms with van der Waals surface area (Å²) in [5, 5.41) is 6.76. The first-order chi connectivity index (χ1) is 15.7. The van der Waals surface area contributed by atoms with Gasteiger partial charge in [0.1, 0.15) is 11.5 Å². The molecule has 0 atom stereocenters. The molecule has 1 saturated heterocycles. The molecule has 1 aliphatic heterocycles. The average Bonchev–Trinajstić information content (AvgIpc) is 2.85. The second-order valence-electron chi connectivity index (χ2n) is 7.53. The smallest absolute Gasteiger partial charge is 0.225 e. The molecule has 0 bridgehead atoms. The van der Waals surface area contributed by atoms with Crippen molar-refractivity contribution in [2.24, 2.45) is 4.99 Å². The van der Waals surface area contributed by atoms with Crippen LogP contribution in [0.25, 0.3) is 0 Å². The first-order valence-electron chi connectivity index (χ1n) is 11.2. The molecule has 33 heavy (non-hydrogen) atoms. The van der Waals surface area contributed by atoms with Crippen molar-refractivity contribution in [3.05, 3.63) is 42.2 Å². The van der Waals surface area contributed by atoms with E-state index in [1.54, 1.807) is 26.6 Å². The minimum absolute atomic E-state index is 0. The molecule has 2 aromatic rings. The number of aromatic nitrogens is 2. The van der Waals surface area contributed by atoms with Gasteiger partial charge in [0.15, 0.2) is 5.96 Å². The third kappa shape index (κ3) is 8.50. The maximum Gasteiger partial charge on any atom is 0.225 e. The van der Waals surface area contributed by atoms with Gasteiger partial charge in [-0.15, -0.1) is 24.0 Å². The van der Waals surface area contributed by atoms with E-state index in [9.17, 15) is 0 Å². The second-order valence-corrected chi connectivity index (χ2v) is 7.53. The highest BCUT2D eigenvalue weighted by Crippen LogP contribution is 2.25. The van der Waals surface area contributed by atoms with Crippen molar-refractivity contribution in [3.63, 3.8) is 0 Å². The normalized spacial score (nSPS) is 14.4. The number of piperazine rings is 1. The molecule has 1 aromatic carbocycles. The lowest BCUT2D eigenvalue weighted by Crippen LogP contribution is -2.47. The number of benzene rings is 1. The minimum Gasteiger partial charge on any atom is -0.497 e. The third-order valence-corrected chi connectivity index (χ3v) is 5.40. The summed E-state index contributed by atoms with van der Waals surface area (Å²) in [7, 11) is 3.32. The van der Waals surface area contributed by atoms with Gasteiger partial charge in [0.2, 0.25) is 5.95 Å². The fourth-order valence-electron chi connectivity index (χ4n) is 3.62. The zero-order valence-corrected chi connectivity index (χ0v) is 22.1. The Balaban J connectivity index is 0.00000385. The monoisotopic (exact) mass is 569 g/mol. The van der Waals surface area contributed by atoms with Gasteiger partial charge in [-0.05, 0) is 38.1 Å². The second kappa shape index (κ2) is 14.7. The zero-order chi connectivity index (χ0) is 22.6. The Bertz CT molecular complexity index is 846. The lowest BCUT2D eigenvalue weighted by molar-refractivity contribution is 0.254. The SMILES string of the molecule is CCNC(=NCc1ccc(OC)cc1OC)NCCCN1CCN(c2ncccn2)CC1.I. The van der Waals surface area contributed by atoms with Gasteiger partial charge in [-0.1, -0.05) is 0 Å². The zero-order valence-electron chi connectivity index (χ0n) is 19.8. The van der Waals surface area contributed by atoms with Gasteiger partial charge in [-0.3, -0.25) is 4.90 Å². The number of hydrogen-bond donors (Lipinski definition) is 2. The van der Waals surface area contributed by atoms with E-state index < -0.39 is 0 Å². The van der Waals surface area contributed by atoms with Crippen molar-refractivity contribution in [2.45, 2.75) is 19.9 Å². The number of aliphatic imine (C=N–C) groups is 1. The van der Waals surface area contributed by atoms with Gasteiger partial charge >= 0.3 is 0 Å². The molecule has 1 aliphatic rings. The van der Waals surface area contributed by atoms with Crippen LogP contribution in [0, 0.1) is 0 Å². The molecule has 182 valence electrons. The summed E-state index contributed by atoms with van der Waals surface area (Å²) in [5.41, 5.74) is 1.02. The van der Waals surface area contributed by atoms with Gasteiger partial charge < -0.3 is 25.0 Å². The standard InChI is InChI=1S/C23H35N7O2.HI/c1-4-24-22(28-18-19-7-8-20(31-2)17-21(19)32-3)25-11-6-12-29-13-15-30(16-14-29)23-26-9-5-10-27-23;/h5,7-10,17H,4,6,11-16,18H2,1-3H3,(H2,24,25,28);1H. The summed E-state index contributed by atoms with van der Waals surface area (Å²) >= 11 is 0. The molecule has 1 aromatic heterocycles. The van der Waals surface area contributed by atoms with E-state index in [0.29, 0.717) is 6.54 Å². The predicted molar refractivity (Wildman–Crippen MR) is 143 cm³/mol. The molecule has 0 aliphatic carbocycles. The van der Waals surface area contributed by atoms with Gasteiger partial charge in [-0.25, -0.2) is 15.0 Å². The lowest BCUT2D eigenvalue weighted by Gasteiger charge is -2.34. The quantitative estimate of drug-likeness (QED) is 0.195. The molecule has 0 radical (unpaired) electrons. The van der Waals surface area contributed by atoms with Crippen LogP contribution in [-0.4, -0.2) is 80.9 Å². The Hall–Kier alpha value is -2.34. The molecule has 0 spiro atoms. The predicted octanol–water partition coefficient (Wildman–Crippen LogP) is 2.38. The van der Waals surface area contributed by atoms with Gasteiger partial charge in [0.05, 0.1) is 20.8 Å². The number of nitrogens with zero attached hydrogens (tertiary/aromatic N) is 5. The molecule has 10 heteroatoms. The van der Waals surface area contributed by atoms with E-state index in [1.165, 1.54) is 0 Å². The van der Waals surface area contributed by atoms with E-state index in [-0.39, 0.29) is 24.0 Å². The van der Waals surface area contributed by atoms with Crippen molar-refractivity contribution in [3.8, 4) is 11.5 Å². The van der Waals surface area contributed by atoms with Crippen LogP contribution >= 0.6 is 24.0 Å². The molecule has 0 saturated carbocycles. The number of nitrogens with one attached hydrogen (secondary N) is 2. The largest absolute Gasteiger partial charge is 0.497 e. The summed E-state index contributed by atoms with van der Waals surface area (Å²) in [4.78, 5) is 18.2. The Kier molecular flexibility index (Phi) is 12.0. The number of halogens is 1. The Labute approximate surface area is 214 Å². The molecule has 1 fully saturated rings. The van der Waals surface area contributed by atoms with Crippen molar-refractivity contribution in [1.29, 1.82) is 0 Å². The summed E-state index contributed by atoms with van der Waals surface area (Å²) in [5.74, 6) is 3.20. The number of anilines is 1. The summed E-state index contributed by atoms with van der Waals surface area (Å²) in [6.07, 6.45) is 4.65. The van der Waals surface area contributed by atoms with Crippen LogP contribution in [0.2, 0.25) is 0 Å². The summed E-state index contributed by atoms with van der Waals surface area (Å²) in [6.45, 7) is 9.34. The van der Waals surface area contributed by atoms with Crippen molar-refractivity contribution in [1.82, 2.24) is 25.5 Å². The van der Waals surface area contributed by atoms with Gasteiger partial charge in [-0.2, -0.15) is 0 Å². The van der Waals surface area contributed by atoms with Crippen LogP contribution < -0.4 is 25.0 Å². The van der Waals surface area contributed by atoms with E-state index in [2.05, 4.69) is 37.3 Å². The van der Waals surface area contributed by atoms with Crippen LogP contribution in [-0.2, 0) is 6.54 Å². The number of guanidine groups is 1. The molecule has 0 unspecified atom stereocenters. The topological polar surface area (TPSA) is 87.1 Å². The number of methoxy groups -OCH3 is 2. The maximum absolute atomic E-state index is 5.47. The number of rotatable bonds is 10. The molecule has 3 rings (SSSR count). The first-order valence-corrected chi connectivity index (χ1v) is 11.2. The Morgan fingerprint density at radius 2 is 1.82 bits per heavy atom. The molecule has 2 N–H and O–H groups in total. The average molecular weight is 569 g/mol. The highest BCUT2D eigenvalue weighted by atomic mass is 127. The minimum atomic E-state index is 0. The van der Waals surface area contributed by atoms with E-state index in [0.717, 1.165) is 81.2 Å². The van der Waals surface area contributed by atoms with Crippen LogP contribution in [0.3, 0.4) is 0 Å². The first kappa shape index (κ1) is 26.9. The van der Waals surface area contributed by atoms with Crippen molar-refractivity contribution in [2.75, 3.05) is 64.9 Å². The van der Waals surface area contributed by atoms with Crippen LogP contribution in [0.15, 0.2) is 41.7 Å². The Morgan fingerprint density at radius 3 is 2.48 bits per heavy atom. The van der Waals surface area contributed by atoms with Crippen molar-refractivity contribution >= 4 is 35.9 Å². The van der Waals surface area contributed by atoms with Crippen LogP contribution in [0.1, 0.15) is 18.9 Å². The number of ether oxygens (including phenoxy) is 2. The van der Waals surface area contributed by atoms with Crippen LogP contribution in [0.4, 0.5) is 5.95 Å². The van der Waals surface area contributed by atoms with E-state index in [4.69, 9.17) is 14.5 Å². The summed E-state index contributed by atoms with van der Waals surface area (Å²) < 4.78 is 10.7. The molecule has 9 nitrogen and oxygen atoms in total. The Morgan fingerprint density at radius 1 is 1.06 bits per heavy atom. The fourth-order valence-corrected chi connectivity index (χ4v) is 3.62. The lowest BCUT2D eigenvalue weighted by atomic mass is 10.2. The van der Waals surface area contributed by atoms with Gasteiger partial charge in [0.25, 0.3) is 0 Å². The van der Waals surface area contributed by atoms with Gasteiger partial charge in [0, 0.05) is 63.3 Å². The van der Waals surface area contributed by atoms with E-state index in [1.807, 2.05) is 24.3 Å². The molecule has 0 amide bonds. The molecular formula is C23H36IN7O2. The fraction of sp³-hybridized carbons (Fsp3) is 0.522. The highest BCUT2D eigenvalue weighted by Gasteiger charge is 2.18. The molecule has 2 heterocycles. The highest BCUT2D eigenvalue weighted by molar-refractivity contribution is 14.0.